The number of aromatic nitrogens is 2. The molecule has 0 aliphatic heterocycles. The molecule has 0 atom stereocenters. The molecule has 4 rings (SSSR count). The number of H-pyrrole nitrogens is 1. The van der Waals surface area contributed by atoms with E-state index in [2.05, 4.69) is 21.4 Å². The highest BCUT2D eigenvalue weighted by Gasteiger charge is 2.09. The second-order valence-electron chi connectivity index (χ2n) is 7.22. The molecule has 0 aliphatic carbocycles. The Bertz CT molecular complexity index is 1110. The van der Waals surface area contributed by atoms with Gasteiger partial charge in [-0.15, -0.1) is 0 Å². The summed E-state index contributed by atoms with van der Waals surface area (Å²) in [4.78, 5) is 7.98. The number of nitrogens with zero attached hydrogens (tertiary/aromatic N) is 1. The molecular weight excluding hydrogens is 410 g/mol. The van der Waals surface area contributed by atoms with E-state index in [9.17, 15) is 0 Å². The first-order valence-electron chi connectivity index (χ1n) is 10.5. The molecular formula is C25H26ClN3O2. The molecule has 4 aromatic rings. The number of fused-ring (bicyclic) bond motifs is 1. The quantitative estimate of drug-likeness (QED) is 0.322. The molecule has 0 radical (unpaired) electrons. The highest BCUT2D eigenvalue weighted by Crippen LogP contribution is 2.30. The number of benzene rings is 3. The molecule has 1 aromatic heterocycles. The molecule has 0 bridgehead atoms. The summed E-state index contributed by atoms with van der Waals surface area (Å²) in [6.45, 7) is 4.51. The number of imidazole rings is 1. The fourth-order valence-corrected chi connectivity index (χ4v) is 3.57. The normalized spacial score (nSPS) is 11.0. The molecule has 160 valence electrons. The van der Waals surface area contributed by atoms with E-state index in [0.717, 1.165) is 53.2 Å². The molecule has 0 amide bonds. The maximum atomic E-state index is 6.23. The molecule has 1 heterocycles. The van der Waals surface area contributed by atoms with Crippen LogP contribution in [0.1, 0.15) is 23.9 Å². The topological polar surface area (TPSA) is 59.2 Å². The van der Waals surface area contributed by atoms with Crippen LogP contribution in [-0.4, -0.2) is 23.1 Å². The van der Waals surface area contributed by atoms with Gasteiger partial charge in [0.2, 0.25) is 0 Å². The molecule has 0 unspecified atom stereocenters. The van der Waals surface area contributed by atoms with Gasteiger partial charge < -0.3 is 19.8 Å². The summed E-state index contributed by atoms with van der Waals surface area (Å²) >= 11 is 6.23. The minimum atomic E-state index is 0.398. The van der Waals surface area contributed by atoms with E-state index < -0.39 is 0 Å². The number of aromatic amines is 1. The van der Waals surface area contributed by atoms with Crippen molar-refractivity contribution in [3.63, 3.8) is 0 Å². The number of rotatable bonds is 10. The third-order valence-corrected chi connectivity index (χ3v) is 5.32. The smallest absolute Gasteiger partial charge is 0.161 e. The van der Waals surface area contributed by atoms with Crippen molar-refractivity contribution in [1.82, 2.24) is 15.3 Å². The van der Waals surface area contributed by atoms with E-state index in [4.69, 9.17) is 21.1 Å². The van der Waals surface area contributed by atoms with Crippen LogP contribution in [0.5, 0.6) is 11.5 Å². The van der Waals surface area contributed by atoms with Crippen LogP contribution in [-0.2, 0) is 19.6 Å². The van der Waals surface area contributed by atoms with Crippen molar-refractivity contribution >= 4 is 22.6 Å². The van der Waals surface area contributed by atoms with Gasteiger partial charge in [0.25, 0.3) is 0 Å². The zero-order valence-electron chi connectivity index (χ0n) is 17.5. The van der Waals surface area contributed by atoms with Gasteiger partial charge in [-0.25, -0.2) is 4.98 Å². The average molecular weight is 436 g/mol. The fraction of sp³-hybridized carbons (Fsp3) is 0.240. The van der Waals surface area contributed by atoms with Crippen LogP contribution in [0.4, 0.5) is 0 Å². The van der Waals surface area contributed by atoms with Crippen molar-refractivity contribution in [2.24, 2.45) is 0 Å². The number of para-hydroxylation sites is 2. The minimum Gasteiger partial charge on any atom is -0.490 e. The van der Waals surface area contributed by atoms with E-state index in [0.29, 0.717) is 24.0 Å². The van der Waals surface area contributed by atoms with Crippen LogP contribution < -0.4 is 14.8 Å². The first-order valence-corrected chi connectivity index (χ1v) is 10.9. The lowest BCUT2D eigenvalue weighted by molar-refractivity contribution is 0.269. The Morgan fingerprint density at radius 3 is 2.65 bits per heavy atom. The number of ether oxygens (including phenoxy) is 2. The number of hydrogen-bond donors (Lipinski definition) is 2. The number of halogens is 1. The summed E-state index contributed by atoms with van der Waals surface area (Å²) < 4.78 is 11.8. The maximum Gasteiger partial charge on any atom is 0.161 e. The van der Waals surface area contributed by atoms with Crippen molar-refractivity contribution in [2.75, 3.05) is 13.2 Å². The van der Waals surface area contributed by atoms with E-state index in [-0.39, 0.29) is 0 Å². The molecule has 0 saturated carbocycles. The zero-order chi connectivity index (χ0) is 21.5. The molecule has 5 nitrogen and oxygen atoms in total. The fourth-order valence-electron chi connectivity index (χ4n) is 3.38. The van der Waals surface area contributed by atoms with Gasteiger partial charge in [0.05, 0.1) is 17.6 Å². The molecule has 0 aliphatic rings. The summed E-state index contributed by atoms with van der Waals surface area (Å²) in [7, 11) is 0. The van der Waals surface area contributed by atoms with Crippen LogP contribution >= 0.6 is 11.6 Å². The average Bonchev–Trinajstić information content (AvgIpc) is 3.20. The first-order chi connectivity index (χ1) is 15.2. The summed E-state index contributed by atoms with van der Waals surface area (Å²) in [6.07, 6.45) is 0.839. The summed E-state index contributed by atoms with van der Waals surface area (Å²) in [5.74, 6) is 2.45. The largest absolute Gasteiger partial charge is 0.490 e. The lowest BCUT2D eigenvalue weighted by atomic mass is 10.2. The van der Waals surface area contributed by atoms with E-state index in [1.807, 2.05) is 67.6 Å². The van der Waals surface area contributed by atoms with Crippen LogP contribution in [0, 0.1) is 0 Å². The van der Waals surface area contributed by atoms with Gasteiger partial charge in [0, 0.05) is 30.1 Å². The van der Waals surface area contributed by atoms with Crippen molar-refractivity contribution in [3.8, 4) is 11.5 Å². The van der Waals surface area contributed by atoms with Crippen LogP contribution in [0.25, 0.3) is 11.0 Å². The number of nitrogens with one attached hydrogen (secondary N) is 2. The summed E-state index contributed by atoms with van der Waals surface area (Å²) in [6, 6.07) is 21.8. The molecule has 2 N–H and O–H groups in total. The predicted molar refractivity (Wildman–Crippen MR) is 125 cm³/mol. The Kier molecular flexibility index (Phi) is 7.07. The highest BCUT2D eigenvalue weighted by atomic mass is 35.5. The second-order valence-corrected chi connectivity index (χ2v) is 7.63. The van der Waals surface area contributed by atoms with Gasteiger partial charge in [-0.05, 0) is 42.8 Å². The van der Waals surface area contributed by atoms with Crippen LogP contribution in [0.2, 0.25) is 5.02 Å². The SMILES string of the molecule is CCOc1cc(CNCCc2nc3ccccc3[nH]2)ccc1OCc1ccccc1Cl. The second kappa shape index (κ2) is 10.3. The van der Waals surface area contributed by atoms with Gasteiger partial charge in [0.15, 0.2) is 11.5 Å². The highest BCUT2D eigenvalue weighted by molar-refractivity contribution is 6.31. The lowest BCUT2D eigenvalue weighted by Crippen LogP contribution is -2.17. The predicted octanol–water partition coefficient (Wildman–Crippen LogP) is 5.53. The zero-order valence-corrected chi connectivity index (χ0v) is 18.3. The van der Waals surface area contributed by atoms with Crippen molar-refractivity contribution in [1.29, 1.82) is 0 Å². The third kappa shape index (κ3) is 5.57. The van der Waals surface area contributed by atoms with Crippen LogP contribution in [0.15, 0.2) is 66.7 Å². The Morgan fingerprint density at radius 2 is 1.81 bits per heavy atom. The minimum absolute atomic E-state index is 0.398. The standard InChI is InChI=1S/C25H26ClN3O2/c1-2-30-24-15-18(11-12-23(24)31-17-19-7-3-4-8-20(19)26)16-27-14-13-25-28-21-9-5-6-10-22(21)29-25/h3-12,15,27H,2,13-14,16-17H2,1H3,(H,28,29). The van der Waals surface area contributed by atoms with Gasteiger partial charge in [-0.2, -0.15) is 0 Å². The van der Waals surface area contributed by atoms with Crippen molar-refractivity contribution < 1.29 is 9.47 Å². The van der Waals surface area contributed by atoms with Crippen LogP contribution in [0.3, 0.4) is 0 Å². The Balaban J connectivity index is 1.32. The van der Waals surface area contributed by atoms with Crippen molar-refractivity contribution in [3.05, 3.63) is 88.7 Å². The summed E-state index contributed by atoms with van der Waals surface area (Å²) in [5, 5.41) is 4.17. The van der Waals surface area contributed by atoms with E-state index in [1.165, 1.54) is 0 Å². The molecule has 3 aromatic carbocycles. The van der Waals surface area contributed by atoms with Gasteiger partial charge >= 0.3 is 0 Å². The van der Waals surface area contributed by atoms with Gasteiger partial charge in [-0.1, -0.05) is 48.0 Å². The summed E-state index contributed by atoms with van der Waals surface area (Å²) in [5.41, 5.74) is 4.17. The molecule has 0 spiro atoms. The monoisotopic (exact) mass is 435 g/mol. The number of hydrogen-bond acceptors (Lipinski definition) is 4. The molecule has 0 fully saturated rings. The third-order valence-electron chi connectivity index (χ3n) is 4.96. The lowest BCUT2D eigenvalue weighted by Gasteiger charge is -2.14. The Labute approximate surface area is 187 Å². The molecule has 31 heavy (non-hydrogen) atoms. The Hall–Kier alpha value is -3.02. The molecule has 6 heteroatoms. The van der Waals surface area contributed by atoms with E-state index in [1.54, 1.807) is 0 Å². The van der Waals surface area contributed by atoms with E-state index >= 15 is 0 Å². The first kappa shape index (κ1) is 21.2. The Morgan fingerprint density at radius 1 is 0.968 bits per heavy atom. The maximum absolute atomic E-state index is 6.23. The van der Waals surface area contributed by atoms with Crippen molar-refractivity contribution in [2.45, 2.75) is 26.5 Å². The van der Waals surface area contributed by atoms with Gasteiger partial charge in [-0.3, -0.25) is 0 Å². The van der Waals surface area contributed by atoms with Gasteiger partial charge in [0.1, 0.15) is 12.4 Å². The molecule has 0 saturated heterocycles.